The van der Waals surface area contributed by atoms with Crippen LogP contribution in [-0.2, 0) is 14.6 Å². The zero-order valence-electron chi connectivity index (χ0n) is 22.2. The molecule has 0 spiro atoms. The van der Waals surface area contributed by atoms with Gasteiger partial charge in [0.1, 0.15) is 0 Å². The lowest BCUT2D eigenvalue weighted by Crippen LogP contribution is -2.44. The van der Waals surface area contributed by atoms with E-state index in [4.69, 9.17) is 16.3 Å². The van der Waals surface area contributed by atoms with Gasteiger partial charge < -0.3 is 15.0 Å². The summed E-state index contributed by atoms with van der Waals surface area (Å²) in [5, 5.41) is 8.47. The molecule has 1 fully saturated rings. The maximum absolute atomic E-state index is 13.3. The summed E-state index contributed by atoms with van der Waals surface area (Å²) in [6.07, 6.45) is 0. The van der Waals surface area contributed by atoms with Gasteiger partial charge >= 0.3 is 6.03 Å². The maximum Gasteiger partial charge on any atom is 0.327 e. The smallest absolute Gasteiger partial charge is 0.327 e. The summed E-state index contributed by atoms with van der Waals surface area (Å²) < 4.78 is 31.6. The molecule has 0 aliphatic carbocycles. The Morgan fingerprint density at radius 1 is 1.15 bits per heavy atom. The van der Waals surface area contributed by atoms with Gasteiger partial charge in [-0.05, 0) is 50.2 Å². The van der Waals surface area contributed by atoms with Gasteiger partial charge in [-0.1, -0.05) is 36.8 Å². The molecule has 1 saturated heterocycles. The van der Waals surface area contributed by atoms with E-state index in [2.05, 4.69) is 25.8 Å². The summed E-state index contributed by atoms with van der Waals surface area (Å²) in [7, 11) is -3.65. The van der Waals surface area contributed by atoms with Gasteiger partial charge in [0.2, 0.25) is 0 Å². The molecule has 0 saturated carbocycles. The van der Waals surface area contributed by atoms with E-state index < -0.39 is 26.5 Å². The second kappa shape index (κ2) is 11.8. The van der Waals surface area contributed by atoms with Crippen LogP contribution in [0.2, 0.25) is 5.02 Å². The Hall–Kier alpha value is -2.77. The van der Waals surface area contributed by atoms with E-state index in [1.807, 2.05) is 19.9 Å². The number of carbonyl (C=O) groups excluding carboxylic acids is 2. The normalized spacial score (nSPS) is 14.6. The number of anilines is 2. The molecule has 210 valence electrons. The van der Waals surface area contributed by atoms with Crippen molar-refractivity contribution >= 4 is 65.7 Å². The van der Waals surface area contributed by atoms with Crippen molar-refractivity contribution in [3.63, 3.8) is 0 Å². The number of carbonyl (C=O) groups is 2. The standard InChI is InChI=1S/C26H32ClN5O5S2/c1-16(2)28-15-26(3,4)39(35,36)18-6-8-21-22(14-18)38-25(29-21)31-24(34)30-23(33)19-13-17(5-7-20(19)27)32-9-11-37-12-10-32/h5-8,13-14,16,28H,9-12,15H2,1-4H3,(H2,29,30,31,33,34). The van der Waals surface area contributed by atoms with E-state index in [0.717, 1.165) is 17.0 Å². The van der Waals surface area contributed by atoms with E-state index in [1.54, 1.807) is 38.1 Å². The number of aromatic nitrogens is 1. The van der Waals surface area contributed by atoms with Crippen LogP contribution in [0.25, 0.3) is 10.2 Å². The van der Waals surface area contributed by atoms with Gasteiger partial charge in [-0.25, -0.2) is 18.2 Å². The number of ether oxygens (including phenoxy) is 1. The number of amides is 3. The Bertz CT molecular complexity index is 1480. The number of morpholine rings is 1. The number of urea groups is 1. The molecule has 3 aromatic rings. The van der Waals surface area contributed by atoms with Crippen molar-refractivity contribution in [2.75, 3.05) is 43.1 Å². The van der Waals surface area contributed by atoms with Crippen molar-refractivity contribution in [2.45, 2.75) is 43.4 Å². The zero-order chi connectivity index (χ0) is 28.4. The highest BCUT2D eigenvalue weighted by Gasteiger charge is 2.36. The molecule has 1 aliphatic heterocycles. The lowest BCUT2D eigenvalue weighted by Gasteiger charge is -2.29. The van der Waals surface area contributed by atoms with Crippen LogP contribution >= 0.6 is 22.9 Å². The summed E-state index contributed by atoms with van der Waals surface area (Å²) >= 11 is 7.36. The Morgan fingerprint density at radius 2 is 1.87 bits per heavy atom. The highest BCUT2D eigenvalue weighted by molar-refractivity contribution is 7.92. The number of sulfone groups is 1. The van der Waals surface area contributed by atoms with Crippen LogP contribution in [0.3, 0.4) is 0 Å². The second-order valence-electron chi connectivity index (χ2n) is 10.1. The van der Waals surface area contributed by atoms with Crippen LogP contribution in [0.15, 0.2) is 41.3 Å². The highest BCUT2D eigenvalue weighted by atomic mass is 35.5. The summed E-state index contributed by atoms with van der Waals surface area (Å²) in [6, 6.07) is 9.15. The van der Waals surface area contributed by atoms with E-state index in [1.165, 1.54) is 6.07 Å². The monoisotopic (exact) mass is 593 g/mol. The van der Waals surface area contributed by atoms with Crippen LogP contribution < -0.4 is 20.9 Å². The van der Waals surface area contributed by atoms with Crippen molar-refractivity contribution in [3.05, 3.63) is 47.0 Å². The molecular weight excluding hydrogens is 562 g/mol. The van der Waals surface area contributed by atoms with Crippen LogP contribution in [0.1, 0.15) is 38.1 Å². The number of thiazole rings is 1. The molecule has 1 aromatic heterocycles. The molecule has 4 rings (SSSR count). The van der Waals surface area contributed by atoms with Gasteiger partial charge in [0.25, 0.3) is 5.91 Å². The molecule has 1 aliphatic rings. The van der Waals surface area contributed by atoms with Gasteiger partial charge in [0.15, 0.2) is 15.0 Å². The second-order valence-corrected chi connectivity index (χ2v) is 14.1. The summed E-state index contributed by atoms with van der Waals surface area (Å²) in [5.41, 5.74) is 1.51. The average Bonchev–Trinajstić information content (AvgIpc) is 3.29. The average molecular weight is 594 g/mol. The fourth-order valence-electron chi connectivity index (χ4n) is 3.99. The first-order chi connectivity index (χ1) is 18.4. The molecular formula is C26H32ClN5O5S2. The third-order valence-electron chi connectivity index (χ3n) is 6.35. The number of hydrogen-bond acceptors (Lipinski definition) is 9. The topological polar surface area (TPSA) is 130 Å². The Balaban J connectivity index is 1.46. The largest absolute Gasteiger partial charge is 0.378 e. The van der Waals surface area contributed by atoms with Crippen molar-refractivity contribution in [3.8, 4) is 0 Å². The molecule has 3 N–H and O–H groups in total. The molecule has 0 bridgehead atoms. The minimum Gasteiger partial charge on any atom is -0.378 e. The lowest BCUT2D eigenvalue weighted by molar-refractivity contribution is 0.0967. The fraction of sp³-hybridized carbons (Fsp3) is 0.423. The van der Waals surface area contributed by atoms with Gasteiger partial charge in [-0.2, -0.15) is 0 Å². The number of imide groups is 1. The van der Waals surface area contributed by atoms with Crippen LogP contribution in [-0.4, -0.2) is 69.0 Å². The van der Waals surface area contributed by atoms with Crippen LogP contribution in [0.4, 0.5) is 15.6 Å². The number of benzene rings is 2. The summed E-state index contributed by atoms with van der Waals surface area (Å²) in [5.74, 6) is -0.653. The van der Waals surface area contributed by atoms with Crippen molar-refractivity contribution in [1.29, 1.82) is 0 Å². The molecule has 3 amide bonds. The lowest BCUT2D eigenvalue weighted by atomic mass is 10.1. The van der Waals surface area contributed by atoms with Gasteiger partial charge in [-0.15, -0.1) is 0 Å². The SMILES string of the molecule is CC(C)NCC(C)(C)S(=O)(=O)c1ccc2nc(NC(=O)NC(=O)c3cc(N4CCOCC4)ccc3Cl)sc2c1. The molecule has 2 heterocycles. The number of halogens is 1. The minimum absolute atomic E-state index is 0.153. The van der Waals surface area contributed by atoms with Gasteiger partial charge in [0, 0.05) is 31.4 Å². The molecule has 39 heavy (non-hydrogen) atoms. The number of rotatable bonds is 8. The first-order valence-corrected chi connectivity index (χ1v) is 15.2. The Labute approximate surface area is 237 Å². The van der Waals surface area contributed by atoms with Crippen LogP contribution in [0.5, 0.6) is 0 Å². The molecule has 13 heteroatoms. The first-order valence-electron chi connectivity index (χ1n) is 12.5. The van der Waals surface area contributed by atoms with E-state index in [-0.39, 0.29) is 26.7 Å². The summed E-state index contributed by atoms with van der Waals surface area (Å²) in [4.78, 5) is 32.0. The predicted molar refractivity (Wildman–Crippen MR) is 155 cm³/mol. The van der Waals surface area contributed by atoms with E-state index in [9.17, 15) is 18.0 Å². The van der Waals surface area contributed by atoms with Gasteiger partial charge in [-0.3, -0.25) is 15.4 Å². The third kappa shape index (κ3) is 6.69. The molecule has 0 unspecified atom stereocenters. The molecule has 10 nitrogen and oxygen atoms in total. The minimum atomic E-state index is -3.65. The van der Waals surface area contributed by atoms with E-state index >= 15 is 0 Å². The van der Waals surface area contributed by atoms with Crippen LogP contribution in [0, 0.1) is 0 Å². The number of fused-ring (bicyclic) bond motifs is 1. The highest BCUT2D eigenvalue weighted by Crippen LogP contribution is 2.32. The van der Waals surface area contributed by atoms with Crippen molar-refractivity contribution < 1.29 is 22.7 Å². The third-order valence-corrected chi connectivity index (χ3v) is 10.1. The maximum atomic E-state index is 13.3. The van der Waals surface area contributed by atoms with Crippen molar-refractivity contribution in [2.24, 2.45) is 0 Å². The van der Waals surface area contributed by atoms with E-state index in [0.29, 0.717) is 43.1 Å². The fourth-order valence-corrected chi connectivity index (χ4v) is 6.60. The predicted octanol–water partition coefficient (Wildman–Crippen LogP) is 4.30. The Morgan fingerprint density at radius 3 is 2.56 bits per heavy atom. The molecule has 2 aromatic carbocycles. The van der Waals surface area contributed by atoms with Crippen molar-refractivity contribution in [1.82, 2.24) is 15.6 Å². The molecule has 0 atom stereocenters. The Kier molecular flexibility index (Phi) is 8.82. The van der Waals surface area contributed by atoms with Gasteiger partial charge in [0.05, 0.1) is 43.7 Å². The zero-order valence-corrected chi connectivity index (χ0v) is 24.6. The number of nitrogens with zero attached hydrogens (tertiary/aromatic N) is 2. The number of hydrogen-bond donors (Lipinski definition) is 3. The molecule has 0 radical (unpaired) electrons. The summed E-state index contributed by atoms with van der Waals surface area (Å²) in [6.45, 7) is 10.2. The number of nitrogens with one attached hydrogen (secondary N) is 3. The first kappa shape index (κ1) is 29.2. The quantitative estimate of drug-likeness (QED) is 0.352.